The second kappa shape index (κ2) is 4.39. The Balaban J connectivity index is 3.19. The van der Waals surface area contributed by atoms with Gasteiger partial charge in [0.15, 0.2) is 0 Å². The lowest BCUT2D eigenvalue weighted by molar-refractivity contribution is 0.182. The lowest BCUT2D eigenvalue weighted by atomic mass is 10.0. The van der Waals surface area contributed by atoms with Crippen molar-refractivity contribution >= 4 is 0 Å². The minimum atomic E-state index is -0.816. The first-order chi connectivity index (χ1) is 6.60. The summed E-state index contributed by atoms with van der Waals surface area (Å²) in [6.45, 7) is 1.71. The number of aryl methyl sites for hydroxylation is 1. The third kappa shape index (κ3) is 2.02. The van der Waals surface area contributed by atoms with Crippen LogP contribution in [-0.4, -0.2) is 18.8 Å². The number of aliphatic hydroxyl groups is 1. The molecule has 0 fully saturated rings. The zero-order chi connectivity index (χ0) is 10.7. The van der Waals surface area contributed by atoms with Gasteiger partial charge in [-0.15, -0.1) is 0 Å². The Labute approximate surface area is 82.3 Å². The summed E-state index contributed by atoms with van der Waals surface area (Å²) in [7, 11) is 1.43. The molecule has 4 heteroatoms. The van der Waals surface area contributed by atoms with Crippen molar-refractivity contribution in [3.63, 3.8) is 0 Å². The van der Waals surface area contributed by atoms with Crippen molar-refractivity contribution in [2.75, 3.05) is 13.7 Å². The van der Waals surface area contributed by atoms with E-state index in [1.54, 1.807) is 13.0 Å². The van der Waals surface area contributed by atoms with Crippen molar-refractivity contribution in [3.05, 3.63) is 29.1 Å². The van der Waals surface area contributed by atoms with Gasteiger partial charge >= 0.3 is 0 Å². The van der Waals surface area contributed by atoms with Gasteiger partial charge in [-0.3, -0.25) is 0 Å². The van der Waals surface area contributed by atoms with E-state index in [9.17, 15) is 9.50 Å². The first-order valence-electron chi connectivity index (χ1n) is 4.32. The fourth-order valence-electron chi connectivity index (χ4n) is 1.25. The number of halogens is 1. The van der Waals surface area contributed by atoms with Crippen molar-refractivity contribution in [2.24, 2.45) is 5.73 Å². The first-order valence-corrected chi connectivity index (χ1v) is 4.32. The highest BCUT2D eigenvalue weighted by Crippen LogP contribution is 2.27. The molecule has 0 spiro atoms. The number of hydrogen-bond acceptors (Lipinski definition) is 3. The van der Waals surface area contributed by atoms with Gasteiger partial charge in [-0.1, -0.05) is 0 Å². The Hall–Kier alpha value is -1.13. The highest BCUT2D eigenvalue weighted by Gasteiger charge is 2.14. The number of methoxy groups -OCH3 is 1. The Morgan fingerprint density at radius 2 is 2.21 bits per heavy atom. The van der Waals surface area contributed by atoms with Crippen LogP contribution in [-0.2, 0) is 0 Å². The Bertz CT molecular complexity index is 328. The van der Waals surface area contributed by atoms with Gasteiger partial charge in [-0.25, -0.2) is 4.39 Å². The molecule has 0 heterocycles. The zero-order valence-corrected chi connectivity index (χ0v) is 8.25. The molecule has 78 valence electrons. The molecule has 3 nitrogen and oxygen atoms in total. The average molecular weight is 199 g/mol. The smallest absolute Gasteiger partial charge is 0.129 e. The van der Waals surface area contributed by atoms with Crippen LogP contribution in [0.4, 0.5) is 4.39 Å². The number of nitrogens with two attached hydrogens (primary N) is 1. The molecule has 0 aliphatic rings. The van der Waals surface area contributed by atoms with Gasteiger partial charge in [0.05, 0.1) is 13.2 Å². The maximum Gasteiger partial charge on any atom is 0.129 e. The standard InChI is InChI=1S/C10H14FNO2/c1-6-3-7(9(13)5-12)10(14-2)4-8(6)11/h3-4,9,13H,5,12H2,1-2H3. The molecule has 0 aliphatic carbocycles. The van der Waals surface area contributed by atoms with E-state index in [1.165, 1.54) is 13.2 Å². The topological polar surface area (TPSA) is 55.5 Å². The van der Waals surface area contributed by atoms with Crippen LogP contribution >= 0.6 is 0 Å². The molecule has 1 aromatic rings. The highest BCUT2D eigenvalue weighted by atomic mass is 19.1. The van der Waals surface area contributed by atoms with E-state index in [2.05, 4.69) is 0 Å². The van der Waals surface area contributed by atoms with E-state index in [4.69, 9.17) is 10.5 Å². The lowest BCUT2D eigenvalue weighted by Crippen LogP contribution is -2.13. The van der Waals surface area contributed by atoms with E-state index in [1.807, 2.05) is 0 Å². The van der Waals surface area contributed by atoms with Crippen LogP contribution in [0.5, 0.6) is 5.75 Å². The van der Waals surface area contributed by atoms with Crippen molar-refractivity contribution < 1.29 is 14.2 Å². The molecule has 0 saturated carbocycles. The van der Waals surface area contributed by atoms with Crippen molar-refractivity contribution in [2.45, 2.75) is 13.0 Å². The molecule has 1 aromatic carbocycles. The van der Waals surface area contributed by atoms with Crippen molar-refractivity contribution in [1.82, 2.24) is 0 Å². The SMILES string of the molecule is COc1cc(F)c(C)cc1C(O)CN. The first kappa shape index (κ1) is 10.9. The molecule has 3 N–H and O–H groups in total. The van der Waals surface area contributed by atoms with E-state index in [0.29, 0.717) is 16.9 Å². The van der Waals surface area contributed by atoms with Crippen LogP contribution in [0.2, 0.25) is 0 Å². The summed E-state index contributed by atoms with van der Waals surface area (Å²) in [5, 5.41) is 9.53. The van der Waals surface area contributed by atoms with Crippen LogP contribution in [0.25, 0.3) is 0 Å². The van der Waals surface area contributed by atoms with E-state index in [-0.39, 0.29) is 12.4 Å². The summed E-state index contributed by atoms with van der Waals surface area (Å²) in [6, 6.07) is 2.80. The summed E-state index contributed by atoms with van der Waals surface area (Å²) in [5.74, 6) is -0.0270. The molecule has 1 atom stereocenters. The number of aliphatic hydroxyl groups excluding tert-OH is 1. The van der Waals surface area contributed by atoms with E-state index < -0.39 is 6.10 Å². The lowest BCUT2D eigenvalue weighted by Gasteiger charge is -2.14. The van der Waals surface area contributed by atoms with Gasteiger partial charge in [0, 0.05) is 18.2 Å². The van der Waals surface area contributed by atoms with Crippen molar-refractivity contribution in [3.8, 4) is 5.75 Å². The van der Waals surface area contributed by atoms with Crippen LogP contribution < -0.4 is 10.5 Å². The zero-order valence-electron chi connectivity index (χ0n) is 8.25. The quantitative estimate of drug-likeness (QED) is 0.767. The molecular formula is C10H14FNO2. The Morgan fingerprint density at radius 3 is 2.71 bits per heavy atom. The van der Waals surface area contributed by atoms with E-state index >= 15 is 0 Å². The minimum Gasteiger partial charge on any atom is -0.496 e. The molecular weight excluding hydrogens is 185 g/mol. The number of ether oxygens (including phenoxy) is 1. The maximum atomic E-state index is 13.1. The van der Waals surface area contributed by atoms with Crippen LogP contribution in [0.15, 0.2) is 12.1 Å². The van der Waals surface area contributed by atoms with Gasteiger partial charge in [0.2, 0.25) is 0 Å². The molecule has 0 aromatic heterocycles. The van der Waals surface area contributed by atoms with Gasteiger partial charge in [-0.2, -0.15) is 0 Å². The van der Waals surface area contributed by atoms with E-state index in [0.717, 1.165) is 0 Å². The second-order valence-electron chi connectivity index (χ2n) is 3.09. The predicted octanol–water partition coefficient (Wildman–Crippen LogP) is 1.13. The Kier molecular flexibility index (Phi) is 3.43. The number of rotatable bonds is 3. The minimum absolute atomic E-state index is 0.0848. The second-order valence-corrected chi connectivity index (χ2v) is 3.09. The summed E-state index contributed by atoms with van der Waals surface area (Å²) in [6.07, 6.45) is -0.816. The van der Waals surface area contributed by atoms with Gasteiger partial charge in [0.1, 0.15) is 11.6 Å². The molecule has 0 bridgehead atoms. The number of hydrogen-bond donors (Lipinski definition) is 2. The normalized spacial score (nSPS) is 12.6. The van der Waals surface area contributed by atoms with Gasteiger partial charge < -0.3 is 15.6 Å². The Morgan fingerprint density at radius 1 is 1.57 bits per heavy atom. The summed E-state index contributed by atoms with van der Waals surface area (Å²) in [4.78, 5) is 0. The fourth-order valence-corrected chi connectivity index (χ4v) is 1.25. The average Bonchev–Trinajstić information content (AvgIpc) is 2.20. The predicted molar refractivity (Wildman–Crippen MR) is 51.7 cm³/mol. The molecule has 14 heavy (non-hydrogen) atoms. The molecule has 1 rings (SSSR count). The van der Waals surface area contributed by atoms with Crippen molar-refractivity contribution in [1.29, 1.82) is 0 Å². The third-order valence-corrected chi connectivity index (χ3v) is 2.09. The third-order valence-electron chi connectivity index (χ3n) is 2.09. The largest absolute Gasteiger partial charge is 0.496 e. The summed E-state index contributed by atoms with van der Waals surface area (Å²) in [5.41, 5.74) is 6.30. The monoisotopic (exact) mass is 199 g/mol. The maximum absolute atomic E-state index is 13.1. The summed E-state index contributed by atoms with van der Waals surface area (Å²) >= 11 is 0. The van der Waals surface area contributed by atoms with Crippen LogP contribution in [0.1, 0.15) is 17.2 Å². The van der Waals surface area contributed by atoms with Gasteiger partial charge in [-0.05, 0) is 18.6 Å². The van der Waals surface area contributed by atoms with Gasteiger partial charge in [0.25, 0.3) is 0 Å². The molecule has 1 unspecified atom stereocenters. The summed E-state index contributed by atoms with van der Waals surface area (Å²) < 4.78 is 18.1. The fraction of sp³-hybridized carbons (Fsp3) is 0.400. The highest BCUT2D eigenvalue weighted by molar-refractivity contribution is 5.39. The number of benzene rings is 1. The molecule has 0 saturated heterocycles. The molecule has 0 aliphatic heterocycles. The van der Waals surface area contributed by atoms with Crippen LogP contribution in [0, 0.1) is 12.7 Å². The van der Waals surface area contributed by atoms with Crippen LogP contribution in [0.3, 0.4) is 0 Å². The molecule has 0 amide bonds. The molecule has 0 radical (unpaired) electrons.